The van der Waals surface area contributed by atoms with Gasteiger partial charge in [0, 0.05) is 28.3 Å². The van der Waals surface area contributed by atoms with E-state index in [1.807, 2.05) is 84.4 Å². The molecule has 1 amide bonds. The van der Waals surface area contributed by atoms with Crippen molar-refractivity contribution < 1.29 is 4.79 Å². The van der Waals surface area contributed by atoms with Crippen LogP contribution in [0.2, 0.25) is 0 Å². The highest BCUT2D eigenvalue weighted by Crippen LogP contribution is 2.23. The average Bonchev–Trinajstić information content (AvgIpc) is 3.26. The van der Waals surface area contributed by atoms with E-state index in [2.05, 4.69) is 26.0 Å². The van der Waals surface area contributed by atoms with E-state index < -0.39 is 0 Å². The first-order chi connectivity index (χ1) is 14.2. The van der Waals surface area contributed by atoms with E-state index in [1.165, 1.54) is 0 Å². The Hall–Kier alpha value is -3.25. The Morgan fingerprint density at radius 3 is 2.59 bits per heavy atom. The van der Waals surface area contributed by atoms with E-state index in [-0.39, 0.29) is 5.91 Å². The van der Waals surface area contributed by atoms with Crippen LogP contribution in [0.25, 0.3) is 16.9 Å². The van der Waals surface area contributed by atoms with Crippen LogP contribution in [0.5, 0.6) is 0 Å². The predicted octanol–water partition coefficient (Wildman–Crippen LogP) is 5.36. The van der Waals surface area contributed by atoms with Crippen LogP contribution in [0.15, 0.2) is 89.7 Å². The predicted molar refractivity (Wildman–Crippen MR) is 118 cm³/mol. The molecule has 0 N–H and O–H groups in total. The van der Waals surface area contributed by atoms with Gasteiger partial charge in [-0.2, -0.15) is 5.10 Å². The molecule has 0 spiro atoms. The van der Waals surface area contributed by atoms with Crippen molar-refractivity contribution in [1.29, 1.82) is 0 Å². The molecule has 0 fully saturated rings. The van der Waals surface area contributed by atoms with Gasteiger partial charge < -0.3 is 0 Å². The highest BCUT2D eigenvalue weighted by molar-refractivity contribution is 9.10. The zero-order valence-corrected chi connectivity index (χ0v) is 17.5. The minimum atomic E-state index is -0.0995. The van der Waals surface area contributed by atoms with Crippen LogP contribution in [0.3, 0.4) is 0 Å². The van der Waals surface area contributed by atoms with Crippen LogP contribution < -0.4 is 4.90 Å². The van der Waals surface area contributed by atoms with Crippen LogP contribution in [0.4, 0.5) is 5.82 Å². The van der Waals surface area contributed by atoms with Crippen molar-refractivity contribution in [2.24, 2.45) is 0 Å². The molecule has 4 aromatic rings. The fourth-order valence-electron chi connectivity index (χ4n) is 3.20. The van der Waals surface area contributed by atoms with Crippen molar-refractivity contribution in [2.45, 2.75) is 6.92 Å². The van der Waals surface area contributed by atoms with Crippen molar-refractivity contribution >= 4 is 27.7 Å². The fraction of sp³-hybridized carbons (Fsp3) is 0.0870. The lowest BCUT2D eigenvalue weighted by Crippen LogP contribution is -2.31. The third-order valence-electron chi connectivity index (χ3n) is 4.60. The third kappa shape index (κ3) is 3.98. The fourth-order valence-corrected chi connectivity index (χ4v) is 3.43. The molecule has 4 rings (SSSR count). The summed E-state index contributed by atoms with van der Waals surface area (Å²) in [4.78, 5) is 19.2. The number of hydrogen-bond acceptors (Lipinski definition) is 3. The Labute approximate surface area is 177 Å². The number of pyridine rings is 1. The van der Waals surface area contributed by atoms with Crippen molar-refractivity contribution in [3.63, 3.8) is 0 Å². The van der Waals surface area contributed by atoms with Gasteiger partial charge in [-0.25, -0.2) is 9.67 Å². The van der Waals surface area contributed by atoms with E-state index in [0.29, 0.717) is 17.9 Å². The number of nitrogens with zero attached hydrogens (tertiary/aromatic N) is 4. The second-order valence-electron chi connectivity index (χ2n) is 6.43. The number of halogens is 1. The summed E-state index contributed by atoms with van der Waals surface area (Å²) >= 11 is 3.38. The van der Waals surface area contributed by atoms with Gasteiger partial charge in [0.15, 0.2) is 0 Å². The van der Waals surface area contributed by atoms with Crippen molar-refractivity contribution in [1.82, 2.24) is 14.8 Å². The Bertz CT molecular complexity index is 1120. The van der Waals surface area contributed by atoms with Gasteiger partial charge in [0.2, 0.25) is 0 Å². The second-order valence-corrected chi connectivity index (χ2v) is 7.34. The molecular weight excluding hydrogens is 428 g/mol. The first-order valence-corrected chi connectivity index (χ1v) is 10.1. The minimum Gasteiger partial charge on any atom is -0.293 e. The molecule has 0 atom stereocenters. The van der Waals surface area contributed by atoms with Crippen LogP contribution in [0, 0.1) is 0 Å². The van der Waals surface area contributed by atoms with E-state index in [1.54, 1.807) is 17.3 Å². The largest absolute Gasteiger partial charge is 0.293 e. The molecule has 6 heteroatoms. The smallest absolute Gasteiger partial charge is 0.259 e. The van der Waals surface area contributed by atoms with Gasteiger partial charge >= 0.3 is 0 Å². The molecule has 29 heavy (non-hydrogen) atoms. The maximum absolute atomic E-state index is 13.2. The maximum Gasteiger partial charge on any atom is 0.259 e. The van der Waals surface area contributed by atoms with Crippen LogP contribution in [-0.2, 0) is 0 Å². The SMILES string of the molecule is CCN(C(=O)c1cccc(-n2nccc2-c2ccccc2)c1)c1ccc(Br)cn1. The number of rotatable bonds is 5. The second kappa shape index (κ2) is 8.41. The molecule has 2 heterocycles. The molecule has 144 valence electrons. The third-order valence-corrected chi connectivity index (χ3v) is 5.07. The van der Waals surface area contributed by atoms with Gasteiger partial charge in [-0.3, -0.25) is 9.69 Å². The lowest BCUT2D eigenvalue weighted by Gasteiger charge is -2.20. The molecule has 0 aliphatic heterocycles. The zero-order chi connectivity index (χ0) is 20.2. The molecule has 0 saturated carbocycles. The van der Waals surface area contributed by atoms with Crippen LogP contribution >= 0.6 is 15.9 Å². The number of carbonyl (C=O) groups excluding carboxylic acids is 1. The zero-order valence-electron chi connectivity index (χ0n) is 15.9. The normalized spacial score (nSPS) is 10.7. The highest BCUT2D eigenvalue weighted by Gasteiger charge is 2.18. The van der Waals surface area contributed by atoms with E-state index in [9.17, 15) is 4.79 Å². The van der Waals surface area contributed by atoms with Crippen molar-refractivity contribution in [2.75, 3.05) is 11.4 Å². The number of carbonyl (C=O) groups is 1. The first kappa shape index (κ1) is 19.1. The lowest BCUT2D eigenvalue weighted by atomic mass is 10.1. The van der Waals surface area contributed by atoms with Gasteiger partial charge in [0.05, 0.1) is 17.6 Å². The molecule has 0 unspecified atom stereocenters. The molecule has 2 aromatic heterocycles. The molecule has 0 aliphatic carbocycles. The maximum atomic E-state index is 13.2. The van der Waals surface area contributed by atoms with Gasteiger partial charge in [0.25, 0.3) is 5.91 Å². The number of hydrogen-bond donors (Lipinski definition) is 0. The number of benzene rings is 2. The van der Waals surface area contributed by atoms with E-state index in [0.717, 1.165) is 21.4 Å². The minimum absolute atomic E-state index is 0.0995. The van der Waals surface area contributed by atoms with E-state index in [4.69, 9.17) is 0 Å². The van der Waals surface area contributed by atoms with Gasteiger partial charge in [-0.05, 0) is 59.3 Å². The van der Waals surface area contributed by atoms with Gasteiger partial charge in [-0.15, -0.1) is 0 Å². The number of aromatic nitrogens is 3. The number of amides is 1. The summed E-state index contributed by atoms with van der Waals surface area (Å²) in [6.45, 7) is 2.46. The Morgan fingerprint density at radius 2 is 1.86 bits per heavy atom. The monoisotopic (exact) mass is 446 g/mol. The molecule has 5 nitrogen and oxygen atoms in total. The van der Waals surface area contributed by atoms with E-state index >= 15 is 0 Å². The Kier molecular flexibility index (Phi) is 5.53. The Balaban J connectivity index is 1.69. The number of anilines is 1. The first-order valence-electron chi connectivity index (χ1n) is 9.30. The van der Waals surface area contributed by atoms with Crippen LogP contribution in [0.1, 0.15) is 17.3 Å². The quantitative estimate of drug-likeness (QED) is 0.414. The molecule has 2 aromatic carbocycles. The topological polar surface area (TPSA) is 51.0 Å². The molecule has 0 radical (unpaired) electrons. The van der Waals surface area contributed by atoms with Crippen LogP contribution in [-0.4, -0.2) is 27.2 Å². The summed E-state index contributed by atoms with van der Waals surface area (Å²) in [7, 11) is 0. The summed E-state index contributed by atoms with van der Waals surface area (Å²) < 4.78 is 2.72. The highest BCUT2D eigenvalue weighted by atomic mass is 79.9. The summed E-state index contributed by atoms with van der Waals surface area (Å²) in [5, 5.41) is 4.47. The molecule has 0 saturated heterocycles. The van der Waals surface area contributed by atoms with Crippen molar-refractivity contribution in [3.8, 4) is 16.9 Å². The van der Waals surface area contributed by atoms with Gasteiger partial charge in [-0.1, -0.05) is 36.4 Å². The average molecular weight is 447 g/mol. The summed E-state index contributed by atoms with van der Waals surface area (Å²) in [5.41, 5.74) is 3.45. The van der Waals surface area contributed by atoms with Crippen molar-refractivity contribution in [3.05, 3.63) is 95.2 Å². The standard InChI is InChI=1S/C23H19BrN4O/c1-2-27(22-12-11-19(24)16-25-22)23(29)18-9-6-10-20(15-18)28-21(13-14-26-28)17-7-4-3-5-8-17/h3-16H,2H2,1H3. The summed E-state index contributed by atoms with van der Waals surface area (Å²) in [6, 6.07) is 23.2. The molecule has 0 bridgehead atoms. The summed E-state index contributed by atoms with van der Waals surface area (Å²) in [6.07, 6.45) is 3.46. The molecule has 0 aliphatic rings. The lowest BCUT2D eigenvalue weighted by molar-refractivity contribution is 0.0987. The van der Waals surface area contributed by atoms with Gasteiger partial charge in [0.1, 0.15) is 5.82 Å². The Morgan fingerprint density at radius 1 is 1.03 bits per heavy atom. The summed E-state index contributed by atoms with van der Waals surface area (Å²) in [5.74, 6) is 0.521. The molecular formula is C23H19BrN4O.